The number of cyclic esters (lactones) is 1. The molecule has 0 N–H and O–H groups in total. The maximum Gasteiger partial charge on any atom is 0.411 e. The van der Waals surface area contributed by atoms with Crippen molar-refractivity contribution < 1.29 is 13.9 Å². The Labute approximate surface area is 156 Å². The number of nitrogens with zero attached hydrogens (tertiary/aromatic N) is 1. The Morgan fingerprint density at radius 1 is 1.48 bits per heavy atom. The number of alkyl halides is 1. The molecule has 0 bridgehead atoms. The molecule has 0 radical (unpaired) electrons. The van der Waals surface area contributed by atoms with Crippen LogP contribution in [0.15, 0.2) is 65.2 Å². The summed E-state index contributed by atoms with van der Waals surface area (Å²) in [5.41, 5.74) is 1.09. The molecular weight excluding hydrogens is 385 g/mol. The molecule has 1 aromatic carbocycles. The van der Waals surface area contributed by atoms with E-state index in [1.54, 1.807) is 17.1 Å². The van der Waals surface area contributed by atoms with Crippen LogP contribution in [-0.2, 0) is 4.74 Å². The molecule has 3 atom stereocenters. The number of amides is 1. The van der Waals surface area contributed by atoms with Crippen LogP contribution in [0, 0.1) is 0 Å². The lowest BCUT2D eigenvalue weighted by atomic mass is 9.86. The highest BCUT2D eigenvalue weighted by molar-refractivity contribution is 9.10. The number of carbonyl (C=O) groups is 1. The number of allylic oxidation sites excluding steroid dienone is 2. The second-order valence-corrected chi connectivity index (χ2v) is 7.40. The molecule has 2 aliphatic rings. The molecule has 132 valence electrons. The van der Waals surface area contributed by atoms with Gasteiger partial charge in [0.2, 0.25) is 0 Å². The number of benzene rings is 1. The van der Waals surface area contributed by atoms with E-state index in [-0.39, 0.29) is 12.1 Å². The fourth-order valence-corrected chi connectivity index (χ4v) is 3.62. The van der Waals surface area contributed by atoms with Gasteiger partial charge in [-0.2, -0.15) is 0 Å². The van der Waals surface area contributed by atoms with E-state index in [0.717, 1.165) is 15.6 Å². The molecular formula is C20H21BrFNO2. The lowest BCUT2D eigenvalue weighted by molar-refractivity contribution is 0.0876. The van der Waals surface area contributed by atoms with Gasteiger partial charge in [-0.25, -0.2) is 9.18 Å². The average Bonchev–Trinajstić information content (AvgIpc) is 2.93. The van der Waals surface area contributed by atoms with Crippen LogP contribution < -0.4 is 0 Å². The number of hydrogen-bond donors (Lipinski definition) is 0. The van der Waals surface area contributed by atoms with Gasteiger partial charge >= 0.3 is 6.09 Å². The highest BCUT2D eigenvalue weighted by Crippen LogP contribution is 2.39. The van der Waals surface area contributed by atoms with E-state index in [1.807, 2.05) is 37.3 Å². The van der Waals surface area contributed by atoms with Gasteiger partial charge in [0.15, 0.2) is 5.60 Å². The molecule has 0 aromatic heterocycles. The normalized spacial score (nSPS) is 27.0. The van der Waals surface area contributed by atoms with Crippen LogP contribution in [0.1, 0.15) is 31.4 Å². The molecule has 1 amide bonds. The molecule has 1 saturated heterocycles. The Morgan fingerprint density at radius 3 is 2.80 bits per heavy atom. The van der Waals surface area contributed by atoms with Crippen molar-refractivity contribution in [2.24, 2.45) is 0 Å². The van der Waals surface area contributed by atoms with E-state index >= 15 is 0 Å². The van der Waals surface area contributed by atoms with Crippen LogP contribution in [0.3, 0.4) is 0 Å². The Hall–Kier alpha value is -1.88. The van der Waals surface area contributed by atoms with Gasteiger partial charge in [-0.05, 0) is 36.3 Å². The summed E-state index contributed by atoms with van der Waals surface area (Å²) in [7, 11) is 0. The molecule has 1 unspecified atom stereocenters. The van der Waals surface area contributed by atoms with Gasteiger partial charge in [0.05, 0.1) is 12.6 Å². The SMILES string of the molecule is C=CC[C@]1(C2=CCC(F)C=C2)CN([C@@H](C)c2ccc(Br)cc2)C(=O)O1. The quantitative estimate of drug-likeness (QED) is 0.605. The second kappa shape index (κ2) is 7.16. The van der Waals surface area contributed by atoms with E-state index in [9.17, 15) is 9.18 Å². The van der Waals surface area contributed by atoms with E-state index in [1.165, 1.54) is 6.08 Å². The predicted molar refractivity (Wildman–Crippen MR) is 100 cm³/mol. The van der Waals surface area contributed by atoms with Crippen molar-refractivity contribution in [1.29, 1.82) is 0 Å². The minimum atomic E-state index is -0.973. The highest BCUT2D eigenvalue weighted by Gasteiger charge is 2.48. The predicted octanol–water partition coefficient (Wildman–Crippen LogP) is 5.50. The third-order valence-corrected chi connectivity index (χ3v) is 5.34. The van der Waals surface area contributed by atoms with E-state index in [4.69, 9.17) is 4.74 Å². The topological polar surface area (TPSA) is 29.5 Å². The second-order valence-electron chi connectivity index (χ2n) is 6.48. The molecule has 3 rings (SSSR count). The molecule has 5 heteroatoms. The molecule has 25 heavy (non-hydrogen) atoms. The molecule has 0 saturated carbocycles. The molecule has 1 aromatic rings. The molecule has 1 heterocycles. The van der Waals surface area contributed by atoms with Gasteiger partial charge in [-0.15, -0.1) is 6.58 Å². The summed E-state index contributed by atoms with van der Waals surface area (Å²) >= 11 is 3.42. The van der Waals surface area contributed by atoms with Gasteiger partial charge in [-0.1, -0.05) is 46.3 Å². The van der Waals surface area contributed by atoms with Gasteiger partial charge in [-0.3, -0.25) is 4.90 Å². The standard InChI is InChI=1S/C20H21BrFNO2/c1-3-12-20(16-6-10-18(22)11-7-16)13-23(19(24)25-20)14(2)15-4-8-17(21)9-5-15/h3-10,14,18H,1,11-13H2,2H3/t14-,18?,20+/m0/s1. The third-order valence-electron chi connectivity index (χ3n) is 4.81. The fourth-order valence-electron chi connectivity index (χ4n) is 3.35. The van der Waals surface area contributed by atoms with E-state index in [2.05, 4.69) is 22.5 Å². The van der Waals surface area contributed by atoms with Crippen molar-refractivity contribution in [1.82, 2.24) is 4.90 Å². The summed E-state index contributed by atoms with van der Waals surface area (Å²) in [5, 5.41) is 0. The number of ether oxygens (including phenoxy) is 1. The zero-order valence-electron chi connectivity index (χ0n) is 14.1. The summed E-state index contributed by atoms with van der Waals surface area (Å²) in [6.45, 7) is 6.20. The van der Waals surface area contributed by atoms with Crippen molar-refractivity contribution in [2.45, 2.75) is 37.6 Å². The lowest BCUT2D eigenvalue weighted by Gasteiger charge is -2.30. The summed E-state index contributed by atoms with van der Waals surface area (Å²) in [6.07, 6.45) is 6.31. The van der Waals surface area contributed by atoms with Gasteiger partial charge in [0.1, 0.15) is 6.17 Å². The first-order valence-corrected chi connectivity index (χ1v) is 9.13. The Kier molecular flexibility index (Phi) is 5.13. The summed E-state index contributed by atoms with van der Waals surface area (Å²) in [6, 6.07) is 7.77. The van der Waals surface area contributed by atoms with Gasteiger partial charge in [0, 0.05) is 17.3 Å². The lowest BCUT2D eigenvalue weighted by Crippen LogP contribution is -2.37. The van der Waals surface area contributed by atoms with Crippen molar-refractivity contribution in [2.75, 3.05) is 6.54 Å². The van der Waals surface area contributed by atoms with E-state index < -0.39 is 11.8 Å². The maximum absolute atomic E-state index is 13.4. The highest BCUT2D eigenvalue weighted by atomic mass is 79.9. The zero-order chi connectivity index (χ0) is 18.0. The number of rotatable bonds is 5. The molecule has 3 nitrogen and oxygen atoms in total. The zero-order valence-corrected chi connectivity index (χ0v) is 15.7. The van der Waals surface area contributed by atoms with Crippen molar-refractivity contribution in [3.05, 3.63) is 70.8 Å². The molecule has 1 aliphatic heterocycles. The summed E-state index contributed by atoms with van der Waals surface area (Å²) in [5.74, 6) is 0. The van der Waals surface area contributed by atoms with Crippen molar-refractivity contribution >= 4 is 22.0 Å². The van der Waals surface area contributed by atoms with Crippen LogP contribution in [0.5, 0.6) is 0 Å². The Morgan fingerprint density at radius 2 is 2.20 bits per heavy atom. The minimum Gasteiger partial charge on any atom is -0.436 e. The Bertz CT molecular complexity index is 728. The first-order valence-electron chi connectivity index (χ1n) is 8.34. The number of halogens is 2. The van der Waals surface area contributed by atoms with Gasteiger partial charge < -0.3 is 4.74 Å². The molecule has 0 spiro atoms. The van der Waals surface area contributed by atoms with Crippen LogP contribution in [0.2, 0.25) is 0 Å². The maximum atomic E-state index is 13.4. The van der Waals surface area contributed by atoms with Crippen LogP contribution in [0.25, 0.3) is 0 Å². The van der Waals surface area contributed by atoms with Crippen LogP contribution in [-0.4, -0.2) is 29.3 Å². The summed E-state index contributed by atoms with van der Waals surface area (Å²) < 4.78 is 20.2. The van der Waals surface area contributed by atoms with E-state index in [0.29, 0.717) is 19.4 Å². The first-order chi connectivity index (χ1) is 11.9. The fraction of sp³-hybridized carbons (Fsp3) is 0.350. The van der Waals surface area contributed by atoms with Gasteiger partial charge in [0.25, 0.3) is 0 Å². The summed E-state index contributed by atoms with van der Waals surface area (Å²) in [4.78, 5) is 14.3. The largest absolute Gasteiger partial charge is 0.436 e. The Balaban J connectivity index is 1.86. The smallest absolute Gasteiger partial charge is 0.411 e. The molecule has 1 fully saturated rings. The first kappa shape index (κ1) is 17.9. The monoisotopic (exact) mass is 405 g/mol. The van der Waals surface area contributed by atoms with Crippen LogP contribution >= 0.6 is 15.9 Å². The van der Waals surface area contributed by atoms with Crippen molar-refractivity contribution in [3.63, 3.8) is 0 Å². The average molecular weight is 406 g/mol. The van der Waals surface area contributed by atoms with Crippen molar-refractivity contribution in [3.8, 4) is 0 Å². The third kappa shape index (κ3) is 3.56. The van der Waals surface area contributed by atoms with Crippen LogP contribution in [0.4, 0.5) is 9.18 Å². The number of carbonyl (C=O) groups excluding carboxylic acids is 1. The molecule has 1 aliphatic carbocycles. The number of hydrogen-bond acceptors (Lipinski definition) is 2. The minimum absolute atomic E-state index is 0.116.